The van der Waals surface area contributed by atoms with Crippen molar-refractivity contribution < 1.29 is 9.59 Å². The van der Waals surface area contributed by atoms with Gasteiger partial charge in [-0.3, -0.25) is 14.6 Å². The van der Waals surface area contributed by atoms with Crippen LogP contribution in [0.25, 0.3) is 0 Å². The molecular weight excluding hydrogens is 230 g/mol. The van der Waals surface area contributed by atoms with Crippen molar-refractivity contribution in [3.63, 3.8) is 0 Å². The van der Waals surface area contributed by atoms with E-state index < -0.39 is 0 Å². The van der Waals surface area contributed by atoms with E-state index in [0.717, 1.165) is 12.1 Å². The monoisotopic (exact) mass is 247 g/mol. The van der Waals surface area contributed by atoms with Gasteiger partial charge in [0.2, 0.25) is 12.3 Å². The second kappa shape index (κ2) is 6.14. The molecule has 2 heterocycles. The van der Waals surface area contributed by atoms with Crippen LogP contribution in [-0.2, 0) is 16.0 Å². The first-order valence-corrected chi connectivity index (χ1v) is 6.16. The molecule has 1 fully saturated rings. The van der Waals surface area contributed by atoms with Crippen LogP contribution in [0.4, 0.5) is 0 Å². The Bertz CT molecular complexity index is 400. The standard InChI is InChI=1S/C13H17N3O2/c17-11-15-7-9-16(10-8-15)13(18)5-4-12-3-1-2-6-14-12/h1-3,6,11H,4-5,7-10H2. The quantitative estimate of drug-likeness (QED) is 0.720. The number of aromatic nitrogens is 1. The first kappa shape index (κ1) is 12.5. The van der Waals surface area contributed by atoms with Gasteiger partial charge in [0, 0.05) is 44.5 Å². The highest BCUT2D eigenvalue weighted by Crippen LogP contribution is 2.05. The number of rotatable bonds is 4. The number of pyridine rings is 1. The maximum Gasteiger partial charge on any atom is 0.223 e. The molecule has 0 radical (unpaired) electrons. The number of piperazine rings is 1. The Labute approximate surface area is 106 Å². The Balaban J connectivity index is 1.77. The van der Waals surface area contributed by atoms with Gasteiger partial charge in [-0.1, -0.05) is 6.07 Å². The van der Waals surface area contributed by atoms with E-state index in [1.54, 1.807) is 11.1 Å². The number of hydrogen-bond donors (Lipinski definition) is 0. The van der Waals surface area contributed by atoms with Crippen LogP contribution in [0.5, 0.6) is 0 Å². The molecule has 0 aromatic carbocycles. The van der Waals surface area contributed by atoms with E-state index in [1.165, 1.54) is 0 Å². The Hall–Kier alpha value is -1.91. The minimum atomic E-state index is 0.145. The Morgan fingerprint density at radius 3 is 2.67 bits per heavy atom. The fraction of sp³-hybridized carbons (Fsp3) is 0.462. The van der Waals surface area contributed by atoms with Gasteiger partial charge < -0.3 is 9.80 Å². The second-order valence-corrected chi connectivity index (χ2v) is 4.34. The number of carbonyl (C=O) groups excluding carboxylic acids is 2. The molecule has 1 aliphatic heterocycles. The predicted molar refractivity (Wildman–Crippen MR) is 66.8 cm³/mol. The van der Waals surface area contributed by atoms with Gasteiger partial charge >= 0.3 is 0 Å². The largest absolute Gasteiger partial charge is 0.342 e. The molecule has 1 aromatic heterocycles. The van der Waals surface area contributed by atoms with Gasteiger partial charge in [-0.2, -0.15) is 0 Å². The summed E-state index contributed by atoms with van der Waals surface area (Å²) in [6.07, 6.45) is 3.74. The first-order chi connectivity index (χ1) is 8.79. The summed E-state index contributed by atoms with van der Waals surface area (Å²) in [6.45, 7) is 2.55. The van der Waals surface area contributed by atoms with Crippen LogP contribution >= 0.6 is 0 Å². The molecule has 18 heavy (non-hydrogen) atoms. The van der Waals surface area contributed by atoms with Crippen LogP contribution in [0.1, 0.15) is 12.1 Å². The summed E-state index contributed by atoms with van der Waals surface area (Å²) in [7, 11) is 0. The van der Waals surface area contributed by atoms with Crippen molar-refractivity contribution in [3.8, 4) is 0 Å². The smallest absolute Gasteiger partial charge is 0.223 e. The van der Waals surface area contributed by atoms with Crippen LogP contribution in [-0.4, -0.2) is 53.3 Å². The predicted octanol–water partition coefficient (Wildman–Crippen LogP) is 0.315. The van der Waals surface area contributed by atoms with Gasteiger partial charge in [-0.25, -0.2) is 0 Å². The zero-order valence-electron chi connectivity index (χ0n) is 10.3. The molecule has 5 heteroatoms. The molecule has 0 atom stereocenters. The fourth-order valence-corrected chi connectivity index (χ4v) is 2.02. The van der Waals surface area contributed by atoms with Gasteiger partial charge in [0.05, 0.1) is 0 Å². The zero-order chi connectivity index (χ0) is 12.8. The lowest BCUT2D eigenvalue weighted by atomic mass is 10.2. The van der Waals surface area contributed by atoms with Crippen LogP contribution in [0.3, 0.4) is 0 Å². The molecule has 1 saturated heterocycles. The highest BCUT2D eigenvalue weighted by Gasteiger charge is 2.19. The number of carbonyl (C=O) groups is 2. The maximum absolute atomic E-state index is 12.0. The van der Waals surface area contributed by atoms with Gasteiger partial charge in [-0.15, -0.1) is 0 Å². The van der Waals surface area contributed by atoms with E-state index in [1.807, 2.05) is 23.1 Å². The minimum Gasteiger partial charge on any atom is -0.342 e. The summed E-state index contributed by atoms with van der Waals surface area (Å²) < 4.78 is 0. The van der Waals surface area contributed by atoms with E-state index in [0.29, 0.717) is 39.0 Å². The van der Waals surface area contributed by atoms with Crippen LogP contribution in [0.2, 0.25) is 0 Å². The summed E-state index contributed by atoms with van der Waals surface area (Å²) in [4.78, 5) is 30.2. The fourth-order valence-electron chi connectivity index (χ4n) is 2.02. The number of aryl methyl sites for hydroxylation is 1. The highest BCUT2D eigenvalue weighted by atomic mass is 16.2. The third-order valence-corrected chi connectivity index (χ3v) is 3.14. The molecule has 5 nitrogen and oxygen atoms in total. The van der Waals surface area contributed by atoms with Crippen LogP contribution < -0.4 is 0 Å². The van der Waals surface area contributed by atoms with Gasteiger partial charge in [-0.05, 0) is 18.6 Å². The third kappa shape index (κ3) is 3.29. The van der Waals surface area contributed by atoms with E-state index >= 15 is 0 Å². The molecule has 0 bridgehead atoms. The summed E-state index contributed by atoms with van der Waals surface area (Å²) in [5.41, 5.74) is 0.942. The highest BCUT2D eigenvalue weighted by molar-refractivity contribution is 5.76. The topological polar surface area (TPSA) is 53.5 Å². The molecule has 2 rings (SSSR count). The lowest BCUT2D eigenvalue weighted by Crippen LogP contribution is -2.48. The average Bonchev–Trinajstić information content (AvgIpc) is 2.46. The molecule has 0 saturated carbocycles. The van der Waals surface area contributed by atoms with Gasteiger partial charge in [0.1, 0.15) is 0 Å². The molecule has 0 spiro atoms. The first-order valence-electron chi connectivity index (χ1n) is 6.16. The van der Waals surface area contributed by atoms with Crippen molar-refractivity contribution in [1.82, 2.24) is 14.8 Å². The van der Waals surface area contributed by atoms with Crippen molar-refractivity contribution in [3.05, 3.63) is 30.1 Å². The lowest BCUT2D eigenvalue weighted by molar-refractivity contribution is -0.135. The summed E-state index contributed by atoms with van der Waals surface area (Å²) in [5, 5.41) is 0. The van der Waals surface area contributed by atoms with E-state index in [9.17, 15) is 9.59 Å². The van der Waals surface area contributed by atoms with Crippen LogP contribution in [0, 0.1) is 0 Å². The number of hydrogen-bond acceptors (Lipinski definition) is 3. The van der Waals surface area contributed by atoms with Crippen molar-refractivity contribution in [2.45, 2.75) is 12.8 Å². The SMILES string of the molecule is O=CN1CCN(C(=O)CCc2ccccn2)CC1. The van der Waals surface area contributed by atoms with Gasteiger partial charge in [0.25, 0.3) is 0 Å². The Morgan fingerprint density at radius 1 is 1.28 bits per heavy atom. The number of amides is 2. The normalized spacial score (nSPS) is 15.6. The second-order valence-electron chi connectivity index (χ2n) is 4.34. The van der Waals surface area contributed by atoms with Crippen molar-refractivity contribution in [2.75, 3.05) is 26.2 Å². The molecule has 1 aliphatic rings. The average molecular weight is 247 g/mol. The van der Waals surface area contributed by atoms with Crippen LogP contribution in [0.15, 0.2) is 24.4 Å². The summed E-state index contributed by atoms with van der Waals surface area (Å²) in [5.74, 6) is 0.145. The minimum absolute atomic E-state index is 0.145. The van der Waals surface area contributed by atoms with E-state index in [4.69, 9.17) is 0 Å². The van der Waals surface area contributed by atoms with Gasteiger partial charge in [0.15, 0.2) is 0 Å². The summed E-state index contributed by atoms with van der Waals surface area (Å²) >= 11 is 0. The van der Waals surface area contributed by atoms with Crippen molar-refractivity contribution in [1.29, 1.82) is 0 Å². The van der Waals surface area contributed by atoms with E-state index in [2.05, 4.69) is 4.98 Å². The maximum atomic E-state index is 12.0. The van der Waals surface area contributed by atoms with Crippen molar-refractivity contribution >= 4 is 12.3 Å². The Morgan fingerprint density at radius 2 is 2.06 bits per heavy atom. The Kier molecular flexibility index (Phi) is 4.28. The molecule has 0 unspecified atom stereocenters. The lowest BCUT2D eigenvalue weighted by Gasteiger charge is -2.32. The molecule has 96 valence electrons. The number of nitrogens with zero attached hydrogens (tertiary/aromatic N) is 3. The molecular formula is C13H17N3O2. The summed E-state index contributed by atoms with van der Waals surface area (Å²) in [6, 6.07) is 5.72. The molecule has 0 aliphatic carbocycles. The zero-order valence-corrected chi connectivity index (χ0v) is 10.3. The molecule has 2 amide bonds. The van der Waals surface area contributed by atoms with E-state index in [-0.39, 0.29) is 5.91 Å². The third-order valence-electron chi connectivity index (χ3n) is 3.14. The molecule has 1 aromatic rings. The van der Waals surface area contributed by atoms with Crippen molar-refractivity contribution in [2.24, 2.45) is 0 Å². The molecule has 0 N–H and O–H groups in total.